The van der Waals surface area contributed by atoms with E-state index in [-0.39, 0.29) is 5.91 Å². The van der Waals surface area contributed by atoms with Crippen molar-refractivity contribution < 1.29 is 9.21 Å². The quantitative estimate of drug-likeness (QED) is 0.594. The third-order valence-electron chi connectivity index (χ3n) is 4.02. The summed E-state index contributed by atoms with van der Waals surface area (Å²) in [5.74, 6) is 0.493. The van der Waals surface area contributed by atoms with E-state index in [1.807, 2.05) is 66.7 Å². The molecule has 0 saturated carbocycles. The molecule has 0 spiro atoms. The molecule has 0 saturated heterocycles. The van der Waals surface area contributed by atoms with Crippen molar-refractivity contribution in [1.29, 1.82) is 0 Å². The van der Waals surface area contributed by atoms with Gasteiger partial charge in [-0.05, 0) is 30.3 Å². The molecule has 26 heavy (non-hydrogen) atoms. The van der Waals surface area contributed by atoms with Crippen molar-refractivity contribution >= 4 is 5.91 Å². The Morgan fingerprint density at radius 1 is 0.962 bits per heavy atom. The lowest BCUT2D eigenvalue weighted by atomic mass is 10.1. The van der Waals surface area contributed by atoms with Gasteiger partial charge >= 0.3 is 0 Å². The lowest BCUT2D eigenvalue weighted by Gasteiger charge is -2.07. The second-order valence-electron chi connectivity index (χ2n) is 5.79. The monoisotopic (exact) mass is 343 g/mol. The third kappa shape index (κ3) is 3.28. The van der Waals surface area contributed by atoms with Crippen LogP contribution in [0.15, 0.2) is 89.5 Å². The normalized spacial score (nSPS) is 10.6. The molecule has 2 aromatic heterocycles. The van der Waals surface area contributed by atoms with Crippen molar-refractivity contribution in [1.82, 2.24) is 15.1 Å². The number of amides is 1. The summed E-state index contributed by atoms with van der Waals surface area (Å²) >= 11 is 0. The average Bonchev–Trinajstić information content (AvgIpc) is 3.37. The van der Waals surface area contributed by atoms with Crippen LogP contribution in [0.25, 0.3) is 16.9 Å². The Hall–Kier alpha value is -3.60. The highest BCUT2D eigenvalue weighted by Gasteiger charge is 2.17. The topological polar surface area (TPSA) is 60.1 Å². The molecular weight excluding hydrogens is 326 g/mol. The number of hydrogen-bond donors (Lipinski definition) is 1. The molecule has 0 aliphatic carbocycles. The van der Waals surface area contributed by atoms with E-state index in [0.29, 0.717) is 18.0 Å². The van der Waals surface area contributed by atoms with Crippen LogP contribution in [0.2, 0.25) is 0 Å². The van der Waals surface area contributed by atoms with Gasteiger partial charge in [-0.15, -0.1) is 0 Å². The maximum absolute atomic E-state index is 12.8. The zero-order chi connectivity index (χ0) is 17.8. The van der Waals surface area contributed by atoms with Gasteiger partial charge in [0, 0.05) is 5.56 Å². The van der Waals surface area contributed by atoms with Crippen LogP contribution < -0.4 is 5.32 Å². The number of para-hydroxylation sites is 1. The van der Waals surface area contributed by atoms with Gasteiger partial charge in [0.15, 0.2) is 0 Å². The number of benzene rings is 2. The van der Waals surface area contributed by atoms with Crippen LogP contribution >= 0.6 is 0 Å². The molecule has 2 heterocycles. The standard InChI is InChI=1S/C21H17N3O2/c25-21(22-15-18-12-7-13-26-18)20-14-19(16-8-3-1-4-9-16)23-24(20)17-10-5-2-6-11-17/h1-14H,15H2,(H,22,25). The summed E-state index contributed by atoms with van der Waals surface area (Å²) in [5.41, 5.74) is 3.01. The summed E-state index contributed by atoms with van der Waals surface area (Å²) in [7, 11) is 0. The lowest BCUT2D eigenvalue weighted by Crippen LogP contribution is -2.25. The maximum atomic E-state index is 12.8. The predicted octanol–water partition coefficient (Wildman–Crippen LogP) is 4.06. The van der Waals surface area contributed by atoms with Gasteiger partial charge < -0.3 is 9.73 Å². The molecule has 0 fully saturated rings. The smallest absolute Gasteiger partial charge is 0.270 e. The van der Waals surface area contributed by atoms with Crippen molar-refractivity contribution in [2.75, 3.05) is 0 Å². The second kappa shape index (κ2) is 7.11. The number of hydrogen-bond acceptors (Lipinski definition) is 3. The van der Waals surface area contributed by atoms with Gasteiger partial charge in [0.25, 0.3) is 5.91 Å². The first-order chi connectivity index (χ1) is 12.8. The first-order valence-electron chi connectivity index (χ1n) is 8.33. The maximum Gasteiger partial charge on any atom is 0.270 e. The van der Waals surface area contributed by atoms with E-state index in [2.05, 4.69) is 10.4 Å². The zero-order valence-corrected chi connectivity index (χ0v) is 14.0. The van der Waals surface area contributed by atoms with Crippen LogP contribution in [0, 0.1) is 0 Å². The molecule has 0 aliphatic rings. The summed E-state index contributed by atoms with van der Waals surface area (Å²) < 4.78 is 6.94. The number of carbonyl (C=O) groups excluding carboxylic acids is 1. The minimum absolute atomic E-state index is 0.208. The average molecular weight is 343 g/mol. The summed E-state index contributed by atoms with van der Waals surface area (Å²) in [6.07, 6.45) is 1.59. The van der Waals surface area contributed by atoms with Gasteiger partial charge in [-0.3, -0.25) is 4.79 Å². The fraction of sp³-hybridized carbons (Fsp3) is 0.0476. The van der Waals surface area contributed by atoms with Crippen LogP contribution in [0.4, 0.5) is 0 Å². The van der Waals surface area contributed by atoms with E-state index in [4.69, 9.17) is 4.42 Å². The number of aromatic nitrogens is 2. The van der Waals surface area contributed by atoms with Gasteiger partial charge in [-0.1, -0.05) is 48.5 Å². The first kappa shape index (κ1) is 15.9. The van der Waals surface area contributed by atoms with Crippen LogP contribution in [0.5, 0.6) is 0 Å². The highest BCUT2D eigenvalue weighted by molar-refractivity contribution is 5.94. The fourth-order valence-electron chi connectivity index (χ4n) is 2.73. The molecule has 4 rings (SSSR count). The van der Waals surface area contributed by atoms with E-state index in [1.165, 1.54) is 0 Å². The van der Waals surface area contributed by atoms with Crippen molar-refractivity contribution in [3.05, 3.63) is 96.6 Å². The lowest BCUT2D eigenvalue weighted by molar-refractivity contribution is 0.0940. The Labute approximate surface area is 150 Å². The van der Waals surface area contributed by atoms with E-state index in [1.54, 1.807) is 23.1 Å². The number of furan rings is 1. The Bertz CT molecular complexity index is 990. The molecule has 128 valence electrons. The Morgan fingerprint density at radius 2 is 1.69 bits per heavy atom. The molecule has 0 unspecified atom stereocenters. The molecule has 0 radical (unpaired) electrons. The molecule has 0 bridgehead atoms. The van der Waals surface area contributed by atoms with E-state index in [0.717, 1.165) is 16.9 Å². The summed E-state index contributed by atoms with van der Waals surface area (Å²) in [5, 5.41) is 7.53. The van der Waals surface area contributed by atoms with E-state index in [9.17, 15) is 4.79 Å². The Balaban J connectivity index is 1.69. The molecule has 4 aromatic rings. The fourth-order valence-corrected chi connectivity index (χ4v) is 2.73. The summed E-state index contributed by atoms with van der Waals surface area (Å²) in [4.78, 5) is 12.8. The van der Waals surface area contributed by atoms with Crippen molar-refractivity contribution in [3.63, 3.8) is 0 Å². The molecule has 0 atom stereocenters. The SMILES string of the molecule is O=C(NCc1ccco1)c1cc(-c2ccccc2)nn1-c1ccccc1. The van der Waals surface area contributed by atoms with Gasteiger partial charge in [0.1, 0.15) is 11.5 Å². The largest absolute Gasteiger partial charge is 0.467 e. The number of carbonyl (C=O) groups is 1. The number of rotatable bonds is 5. The third-order valence-corrected chi connectivity index (χ3v) is 4.02. The summed E-state index contributed by atoms with van der Waals surface area (Å²) in [6, 6.07) is 24.8. The van der Waals surface area contributed by atoms with Gasteiger partial charge in [-0.2, -0.15) is 5.10 Å². The van der Waals surface area contributed by atoms with Crippen molar-refractivity contribution in [2.24, 2.45) is 0 Å². The molecule has 0 aliphatic heterocycles. The molecule has 2 aromatic carbocycles. The van der Waals surface area contributed by atoms with Gasteiger partial charge in [0.2, 0.25) is 0 Å². The number of nitrogens with zero attached hydrogens (tertiary/aromatic N) is 2. The Kier molecular flexibility index (Phi) is 4.35. The van der Waals surface area contributed by atoms with Crippen molar-refractivity contribution in [3.8, 4) is 16.9 Å². The minimum Gasteiger partial charge on any atom is -0.467 e. The van der Waals surface area contributed by atoms with Gasteiger partial charge in [-0.25, -0.2) is 4.68 Å². The van der Waals surface area contributed by atoms with Crippen molar-refractivity contribution in [2.45, 2.75) is 6.54 Å². The molecule has 1 amide bonds. The summed E-state index contributed by atoms with van der Waals surface area (Å²) in [6.45, 7) is 0.326. The van der Waals surface area contributed by atoms with Crippen LogP contribution in [-0.2, 0) is 6.54 Å². The van der Waals surface area contributed by atoms with Crippen LogP contribution in [0.3, 0.4) is 0 Å². The highest BCUT2D eigenvalue weighted by Crippen LogP contribution is 2.21. The predicted molar refractivity (Wildman–Crippen MR) is 98.9 cm³/mol. The second-order valence-corrected chi connectivity index (χ2v) is 5.79. The minimum atomic E-state index is -0.208. The molecular formula is C21H17N3O2. The van der Waals surface area contributed by atoms with E-state index < -0.39 is 0 Å². The molecule has 5 heteroatoms. The van der Waals surface area contributed by atoms with E-state index >= 15 is 0 Å². The van der Waals surface area contributed by atoms with Crippen LogP contribution in [-0.4, -0.2) is 15.7 Å². The Morgan fingerprint density at radius 3 is 2.38 bits per heavy atom. The first-order valence-corrected chi connectivity index (χ1v) is 8.33. The van der Waals surface area contributed by atoms with Crippen LogP contribution in [0.1, 0.15) is 16.2 Å². The molecule has 5 nitrogen and oxygen atoms in total. The van der Waals surface area contributed by atoms with Gasteiger partial charge in [0.05, 0.1) is 24.2 Å². The highest BCUT2D eigenvalue weighted by atomic mass is 16.3. The molecule has 1 N–H and O–H groups in total. The number of nitrogens with one attached hydrogen (secondary N) is 1. The zero-order valence-electron chi connectivity index (χ0n) is 14.0.